The molecule has 220 valence electrons. The van der Waals surface area contributed by atoms with Crippen molar-refractivity contribution in [3.05, 3.63) is 75.0 Å². The van der Waals surface area contributed by atoms with Gasteiger partial charge in [0.15, 0.2) is 6.73 Å². The monoisotopic (exact) mass is 615 g/mol. The third kappa shape index (κ3) is 5.35. The molecule has 3 aromatic carbocycles. The number of carboxylic acids is 1. The maximum atomic E-state index is 15.4. The minimum Gasteiger partial charge on any atom is -0.478 e. The summed E-state index contributed by atoms with van der Waals surface area (Å²) in [5, 5.41) is 20.0. The zero-order valence-corrected chi connectivity index (χ0v) is 24.0. The maximum absolute atomic E-state index is 15.4. The van der Waals surface area contributed by atoms with Crippen LogP contribution in [0, 0.1) is 5.82 Å². The normalized spacial score (nSPS) is 18.6. The summed E-state index contributed by atoms with van der Waals surface area (Å²) in [6.45, 7) is 3.02. The van der Waals surface area contributed by atoms with E-state index in [9.17, 15) is 19.8 Å². The number of benzene rings is 3. The molecule has 0 aromatic heterocycles. The Hall–Kier alpha value is -3.57. The van der Waals surface area contributed by atoms with E-state index < -0.39 is 23.8 Å². The Morgan fingerprint density at radius 3 is 2.38 bits per heavy atom. The van der Waals surface area contributed by atoms with Crippen molar-refractivity contribution < 1.29 is 33.7 Å². The number of fused-ring (bicyclic) bond motifs is 1. The van der Waals surface area contributed by atoms with Crippen molar-refractivity contribution >= 4 is 46.5 Å². The van der Waals surface area contributed by atoms with Crippen LogP contribution in [0.2, 0.25) is 10.0 Å². The summed E-state index contributed by atoms with van der Waals surface area (Å²) in [4.78, 5) is 30.8. The van der Waals surface area contributed by atoms with Crippen LogP contribution in [0.5, 0.6) is 5.75 Å². The van der Waals surface area contributed by atoms with Crippen molar-refractivity contribution in [2.45, 2.75) is 19.1 Å². The molecule has 3 heterocycles. The number of hydrogen-bond acceptors (Lipinski definition) is 7. The van der Waals surface area contributed by atoms with Crippen LogP contribution in [0.3, 0.4) is 0 Å². The van der Waals surface area contributed by atoms with E-state index in [4.69, 9.17) is 32.7 Å². The Morgan fingerprint density at radius 2 is 1.71 bits per heavy atom. The van der Waals surface area contributed by atoms with Gasteiger partial charge in [0.2, 0.25) is 0 Å². The number of para-hydroxylation sites is 1. The van der Waals surface area contributed by atoms with Crippen molar-refractivity contribution in [1.29, 1.82) is 0 Å². The van der Waals surface area contributed by atoms with E-state index in [1.165, 1.54) is 4.90 Å². The highest BCUT2D eigenvalue weighted by atomic mass is 35.5. The molecule has 2 N–H and O–H groups in total. The zero-order chi connectivity index (χ0) is 29.5. The van der Waals surface area contributed by atoms with Gasteiger partial charge in [-0.2, -0.15) is 0 Å². The molecule has 0 aliphatic carbocycles. The first kappa shape index (κ1) is 28.5. The lowest BCUT2D eigenvalue weighted by Crippen LogP contribution is -2.37. The van der Waals surface area contributed by atoms with Crippen molar-refractivity contribution in [3.63, 3.8) is 0 Å². The number of β-amino-alcohol motifs (C(OH)–C–C–N with tert-alkyl or cyclic N) is 1. The van der Waals surface area contributed by atoms with E-state index in [-0.39, 0.29) is 40.0 Å². The summed E-state index contributed by atoms with van der Waals surface area (Å²) in [5.41, 5.74) is 2.47. The lowest BCUT2D eigenvalue weighted by Gasteiger charge is -2.32. The van der Waals surface area contributed by atoms with Crippen molar-refractivity contribution in [1.82, 2.24) is 4.90 Å². The Morgan fingerprint density at radius 1 is 0.976 bits per heavy atom. The van der Waals surface area contributed by atoms with Gasteiger partial charge in [-0.3, -0.25) is 4.79 Å². The number of amides is 1. The number of rotatable bonds is 5. The second-order valence-electron chi connectivity index (χ2n) is 10.5. The fourth-order valence-electron chi connectivity index (χ4n) is 5.70. The van der Waals surface area contributed by atoms with Crippen molar-refractivity contribution in [2.75, 3.05) is 55.9 Å². The van der Waals surface area contributed by atoms with Crippen LogP contribution >= 0.6 is 23.2 Å². The van der Waals surface area contributed by atoms with E-state index >= 15 is 4.39 Å². The summed E-state index contributed by atoms with van der Waals surface area (Å²) in [6.07, 6.45) is 0.221. The molecular weight excluding hydrogens is 588 g/mol. The Bertz CT molecular complexity index is 1540. The Kier molecular flexibility index (Phi) is 7.89. The Labute approximate surface area is 251 Å². The molecule has 3 aliphatic rings. The molecule has 1 atom stereocenters. The van der Waals surface area contributed by atoms with Crippen LogP contribution in [-0.2, 0) is 11.3 Å². The van der Waals surface area contributed by atoms with Gasteiger partial charge in [0.05, 0.1) is 52.7 Å². The van der Waals surface area contributed by atoms with Gasteiger partial charge in [-0.05, 0) is 30.7 Å². The molecule has 0 saturated carbocycles. The predicted molar refractivity (Wildman–Crippen MR) is 156 cm³/mol. The average Bonchev–Trinajstić information content (AvgIpc) is 3.42. The van der Waals surface area contributed by atoms with Crippen molar-refractivity contribution in [3.8, 4) is 16.9 Å². The molecule has 3 aromatic rings. The van der Waals surface area contributed by atoms with E-state index in [1.807, 2.05) is 9.80 Å². The van der Waals surface area contributed by atoms with Gasteiger partial charge in [0.1, 0.15) is 11.6 Å². The first-order chi connectivity index (χ1) is 20.2. The van der Waals surface area contributed by atoms with Crippen LogP contribution in [0.15, 0.2) is 42.5 Å². The topological polar surface area (TPSA) is 103 Å². The standard InChI is InChI=1S/C30H28Cl2FN3O6/c31-23-10-18(35-5-4-19(37)15-35)11-24(32)27(23)29(38)36-14-17-2-1-3-20(28(17)42-16-36)21-13-26(34-6-8-41-9-7-34)22(30(39)40)12-25(21)33/h1-3,10-13,19,37H,4-9,14-16H2,(H,39,40)/t19-/m1/s1. The molecule has 1 amide bonds. The first-order valence-corrected chi connectivity index (χ1v) is 14.3. The zero-order valence-electron chi connectivity index (χ0n) is 22.5. The van der Waals surface area contributed by atoms with Crippen LogP contribution in [0.1, 0.15) is 32.7 Å². The average molecular weight is 616 g/mol. The highest BCUT2D eigenvalue weighted by Gasteiger charge is 2.30. The van der Waals surface area contributed by atoms with Gasteiger partial charge in [-0.15, -0.1) is 0 Å². The Balaban J connectivity index is 1.29. The summed E-state index contributed by atoms with van der Waals surface area (Å²) >= 11 is 13.1. The van der Waals surface area contributed by atoms with Crippen LogP contribution in [0.4, 0.5) is 15.8 Å². The maximum Gasteiger partial charge on any atom is 0.337 e. The molecule has 2 fully saturated rings. The summed E-state index contributed by atoms with van der Waals surface area (Å²) < 4.78 is 26.9. The fraction of sp³-hybridized carbons (Fsp3) is 0.333. The lowest BCUT2D eigenvalue weighted by molar-refractivity contribution is 0.0516. The van der Waals surface area contributed by atoms with Crippen molar-refractivity contribution in [2.24, 2.45) is 0 Å². The SMILES string of the molecule is O=C(O)c1cc(F)c(-c2cccc3c2OCN(C(=O)c2c(Cl)cc(N4CC[C@@H](O)C4)cc2Cl)C3)cc1N1CCOCC1. The number of carboxylic acid groups (broad SMARTS) is 1. The van der Waals surface area contributed by atoms with E-state index in [1.54, 1.807) is 36.4 Å². The minimum absolute atomic E-state index is 0.124. The fourth-order valence-corrected chi connectivity index (χ4v) is 6.34. The number of nitrogens with zero attached hydrogens (tertiary/aromatic N) is 3. The van der Waals surface area contributed by atoms with Gasteiger partial charge < -0.3 is 34.4 Å². The van der Waals surface area contributed by atoms with Crippen LogP contribution < -0.4 is 14.5 Å². The molecule has 0 spiro atoms. The molecule has 0 radical (unpaired) electrons. The molecule has 12 heteroatoms. The summed E-state index contributed by atoms with van der Waals surface area (Å²) in [5.74, 6) is -1.91. The number of morpholine rings is 1. The first-order valence-electron chi connectivity index (χ1n) is 13.6. The molecule has 42 heavy (non-hydrogen) atoms. The number of halogens is 3. The number of hydrogen-bond donors (Lipinski definition) is 2. The highest BCUT2D eigenvalue weighted by molar-refractivity contribution is 6.40. The van der Waals surface area contributed by atoms with Gasteiger partial charge in [0.25, 0.3) is 5.91 Å². The molecular formula is C30H28Cl2FN3O6. The molecule has 3 aliphatic heterocycles. The number of carbonyl (C=O) groups is 2. The van der Waals surface area contributed by atoms with Gasteiger partial charge in [-0.25, -0.2) is 9.18 Å². The van der Waals surface area contributed by atoms with Gasteiger partial charge >= 0.3 is 5.97 Å². The van der Waals surface area contributed by atoms with Gasteiger partial charge in [-0.1, -0.05) is 41.4 Å². The van der Waals surface area contributed by atoms with E-state index in [0.29, 0.717) is 68.4 Å². The van der Waals surface area contributed by atoms with Crippen LogP contribution in [0.25, 0.3) is 11.1 Å². The summed E-state index contributed by atoms with van der Waals surface area (Å²) in [7, 11) is 0. The van der Waals surface area contributed by atoms with E-state index in [0.717, 1.165) is 11.8 Å². The minimum atomic E-state index is -1.22. The van der Waals surface area contributed by atoms with Crippen LogP contribution in [-0.4, -0.2) is 79.2 Å². The quantitative estimate of drug-likeness (QED) is 0.418. The van der Waals surface area contributed by atoms with E-state index in [2.05, 4.69) is 0 Å². The molecule has 2 saturated heterocycles. The molecule has 6 rings (SSSR count). The highest BCUT2D eigenvalue weighted by Crippen LogP contribution is 2.41. The number of aliphatic hydroxyl groups excluding tert-OH is 1. The number of ether oxygens (including phenoxy) is 2. The predicted octanol–water partition coefficient (Wildman–Crippen LogP) is 4.90. The largest absolute Gasteiger partial charge is 0.478 e. The smallest absolute Gasteiger partial charge is 0.337 e. The molecule has 0 unspecified atom stereocenters. The number of aromatic carboxylic acids is 1. The van der Waals surface area contributed by atoms with Gasteiger partial charge in [0, 0.05) is 48.6 Å². The number of anilines is 2. The second-order valence-corrected chi connectivity index (χ2v) is 11.3. The molecule has 9 nitrogen and oxygen atoms in total. The lowest BCUT2D eigenvalue weighted by atomic mass is 9.97. The summed E-state index contributed by atoms with van der Waals surface area (Å²) in [6, 6.07) is 11.2. The third-order valence-corrected chi connectivity index (χ3v) is 8.43. The third-order valence-electron chi connectivity index (χ3n) is 7.84. The number of aliphatic hydroxyl groups is 1. The number of carbonyl (C=O) groups excluding carboxylic acids is 1. The molecule has 0 bridgehead atoms. The second kappa shape index (κ2) is 11.6.